The third kappa shape index (κ3) is 10.5. The molecule has 2 saturated heterocycles. The van der Waals surface area contributed by atoms with Crippen LogP contribution >= 0.6 is 11.3 Å². The summed E-state index contributed by atoms with van der Waals surface area (Å²) in [6.07, 6.45) is 1.97. The minimum atomic E-state index is -0.943. The molecular formula is C45H64N8O6S. The number of ether oxygens (including phenoxy) is 1. The fraction of sp³-hybridized carbons (Fsp3) is 0.600. The second kappa shape index (κ2) is 18.3. The molecule has 0 radical (unpaired) electrons. The van der Waals surface area contributed by atoms with Gasteiger partial charge >= 0.3 is 0 Å². The number of aliphatic hydroxyl groups excluding tert-OH is 1. The summed E-state index contributed by atoms with van der Waals surface area (Å²) < 4.78 is 5.78. The fourth-order valence-corrected chi connectivity index (χ4v) is 10.2. The van der Waals surface area contributed by atoms with Gasteiger partial charge in [-0.3, -0.25) is 24.1 Å². The van der Waals surface area contributed by atoms with E-state index >= 15 is 0 Å². The number of carbonyl (C=O) groups is 4. The van der Waals surface area contributed by atoms with Crippen molar-refractivity contribution in [2.75, 3.05) is 57.4 Å². The molecule has 2 aromatic heterocycles. The summed E-state index contributed by atoms with van der Waals surface area (Å²) >= 11 is 1.58. The van der Waals surface area contributed by atoms with Crippen molar-refractivity contribution in [3.05, 3.63) is 64.9 Å². The Morgan fingerprint density at radius 2 is 1.65 bits per heavy atom. The second-order valence-corrected chi connectivity index (χ2v) is 20.1. The zero-order chi connectivity index (χ0) is 43.6. The molecule has 0 bridgehead atoms. The Kier molecular flexibility index (Phi) is 13.7. The van der Waals surface area contributed by atoms with Crippen LogP contribution in [0.4, 0.5) is 5.82 Å². The van der Waals surface area contributed by atoms with Gasteiger partial charge in [0, 0.05) is 57.9 Å². The molecule has 326 valence electrons. The highest BCUT2D eigenvalue weighted by Gasteiger charge is 2.53. The first-order valence-electron chi connectivity index (χ1n) is 21.1. The van der Waals surface area contributed by atoms with Gasteiger partial charge in [0.05, 0.1) is 40.4 Å². The number of aliphatic hydroxyl groups is 1. The Morgan fingerprint density at radius 1 is 0.967 bits per heavy atom. The lowest BCUT2D eigenvalue weighted by Gasteiger charge is -2.57. The van der Waals surface area contributed by atoms with Gasteiger partial charge in [-0.1, -0.05) is 72.7 Å². The van der Waals surface area contributed by atoms with Crippen LogP contribution in [0.5, 0.6) is 0 Å². The first-order valence-corrected chi connectivity index (χ1v) is 22.0. The van der Waals surface area contributed by atoms with Crippen LogP contribution in [0.3, 0.4) is 0 Å². The average molecular weight is 845 g/mol. The maximum atomic E-state index is 14.1. The Hall–Kier alpha value is -4.44. The van der Waals surface area contributed by atoms with Crippen LogP contribution in [0.1, 0.15) is 95.9 Å². The molecule has 3 fully saturated rings. The number of amides is 4. The number of pyridine rings is 1. The van der Waals surface area contributed by atoms with E-state index in [1.165, 1.54) is 4.90 Å². The van der Waals surface area contributed by atoms with Gasteiger partial charge in [0.2, 0.25) is 17.7 Å². The van der Waals surface area contributed by atoms with Gasteiger partial charge < -0.3 is 35.6 Å². The highest BCUT2D eigenvalue weighted by molar-refractivity contribution is 7.13. The highest BCUT2D eigenvalue weighted by atomic mass is 32.1. The van der Waals surface area contributed by atoms with Crippen molar-refractivity contribution in [3.8, 4) is 10.4 Å². The van der Waals surface area contributed by atoms with Crippen LogP contribution in [-0.4, -0.2) is 125 Å². The molecule has 4 N–H and O–H groups in total. The third-order valence-electron chi connectivity index (χ3n) is 12.3. The van der Waals surface area contributed by atoms with Crippen LogP contribution < -0.4 is 20.9 Å². The molecule has 4 amide bonds. The number of hydrogen-bond donors (Lipinski definition) is 4. The Balaban J connectivity index is 0.933. The number of anilines is 1. The molecule has 3 aliphatic rings. The van der Waals surface area contributed by atoms with E-state index in [1.54, 1.807) is 17.5 Å². The summed E-state index contributed by atoms with van der Waals surface area (Å²) in [5, 5.41) is 19.8. The topological polar surface area (TPSA) is 169 Å². The van der Waals surface area contributed by atoms with Crippen LogP contribution in [0.2, 0.25) is 0 Å². The number of hydrogen-bond acceptors (Lipinski definition) is 11. The summed E-state index contributed by atoms with van der Waals surface area (Å²) in [6.45, 7) is 22.1. The quantitative estimate of drug-likeness (QED) is 0.169. The molecule has 4 heterocycles. The van der Waals surface area contributed by atoms with Gasteiger partial charge in [-0.15, -0.1) is 11.3 Å². The SMILES string of the molecule is Cc1ncsc1-c1ccc([C@H](C)NC(=O)[C@@H]2C[C@@H](O)CN2C(=O)[C@@H](NC(=O)COCCN2CCN(c3ccc(C(=O)NC4C(C)(C)CC4(C)C)cn3)CC2)C(C)(C)C)cc1. The first-order chi connectivity index (χ1) is 28.2. The van der Waals surface area contributed by atoms with E-state index in [-0.39, 0.29) is 54.3 Å². The van der Waals surface area contributed by atoms with Crippen molar-refractivity contribution in [3.63, 3.8) is 0 Å². The van der Waals surface area contributed by atoms with Gasteiger partial charge in [-0.25, -0.2) is 9.97 Å². The predicted octanol–water partition coefficient (Wildman–Crippen LogP) is 4.58. The number of benzene rings is 1. The maximum absolute atomic E-state index is 14.1. The lowest BCUT2D eigenvalue weighted by Crippen LogP contribution is -2.63. The molecule has 1 aromatic carbocycles. The number of thiazole rings is 1. The van der Waals surface area contributed by atoms with E-state index in [2.05, 4.69) is 63.4 Å². The molecule has 0 spiro atoms. The zero-order valence-corrected chi connectivity index (χ0v) is 37.5. The molecule has 2 aliphatic heterocycles. The molecule has 6 rings (SSSR count). The van der Waals surface area contributed by atoms with E-state index in [0.29, 0.717) is 18.7 Å². The van der Waals surface area contributed by atoms with E-state index in [1.807, 2.05) is 76.5 Å². The van der Waals surface area contributed by atoms with Crippen LogP contribution in [0.25, 0.3) is 10.4 Å². The van der Waals surface area contributed by atoms with E-state index < -0.39 is 35.4 Å². The molecule has 4 atom stereocenters. The minimum Gasteiger partial charge on any atom is -0.391 e. The van der Waals surface area contributed by atoms with Gasteiger partial charge in [-0.05, 0) is 59.8 Å². The maximum Gasteiger partial charge on any atom is 0.253 e. The van der Waals surface area contributed by atoms with Gasteiger partial charge in [0.15, 0.2) is 0 Å². The summed E-state index contributed by atoms with van der Waals surface area (Å²) in [6, 6.07) is 9.67. The van der Waals surface area contributed by atoms with Crippen molar-refractivity contribution in [1.82, 2.24) is 35.7 Å². The number of rotatable bonds is 14. The largest absolute Gasteiger partial charge is 0.391 e. The fourth-order valence-electron chi connectivity index (χ4n) is 9.39. The molecule has 15 heteroatoms. The van der Waals surface area contributed by atoms with Crippen molar-refractivity contribution in [2.45, 2.75) is 105 Å². The summed E-state index contributed by atoms with van der Waals surface area (Å²) in [7, 11) is 0. The lowest BCUT2D eigenvalue weighted by atomic mass is 9.52. The number of piperazine rings is 1. The van der Waals surface area contributed by atoms with Crippen molar-refractivity contribution in [2.24, 2.45) is 16.2 Å². The number of carbonyl (C=O) groups excluding carboxylic acids is 4. The standard InChI is InChI=1S/C45H64N8O6S/c1-28(30-10-12-31(13-11-30)37-29(2)47-27-60-37)48-40(57)34-22-33(54)24-53(34)41(58)38(43(3,4)5)49-36(55)25-59-21-20-51-16-18-52(19-17-51)35-15-14-32(23-46-35)39(56)50-42-44(6,7)26-45(42,8)9/h10-15,23,27-28,33-34,38,42,54H,16-22,24-26H2,1-9H3,(H,48,57)(H,49,55)(H,50,56)/t28-,33+,34-,38+/m0/s1. The molecular weight excluding hydrogens is 781 g/mol. The molecule has 3 aromatic rings. The average Bonchev–Trinajstić information content (AvgIpc) is 3.81. The van der Waals surface area contributed by atoms with E-state index in [4.69, 9.17) is 4.74 Å². The third-order valence-corrected chi connectivity index (χ3v) is 13.3. The number of nitrogens with one attached hydrogen (secondary N) is 3. The molecule has 60 heavy (non-hydrogen) atoms. The Morgan fingerprint density at radius 3 is 2.23 bits per heavy atom. The van der Waals surface area contributed by atoms with E-state index in [0.717, 1.165) is 60.1 Å². The summed E-state index contributed by atoms with van der Waals surface area (Å²) in [5.74, 6) is -0.463. The minimum absolute atomic E-state index is 0.00342. The Bertz CT molecular complexity index is 1970. The lowest BCUT2D eigenvalue weighted by molar-refractivity contribution is -0.144. The van der Waals surface area contributed by atoms with Crippen molar-refractivity contribution in [1.29, 1.82) is 0 Å². The molecule has 1 aliphatic carbocycles. The monoisotopic (exact) mass is 844 g/mol. The second-order valence-electron chi connectivity index (χ2n) is 19.2. The molecule has 14 nitrogen and oxygen atoms in total. The number of aryl methyl sites for hydroxylation is 1. The molecule has 1 saturated carbocycles. The van der Waals surface area contributed by atoms with E-state index in [9.17, 15) is 24.3 Å². The van der Waals surface area contributed by atoms with Gasteiger partial charge in [0.1, 0.15) is 24.5 Å². The normalized spacial score (nSPS) is 21.5. The summed E-state index contributed by atoms with van der Waals surface area (Å²) in [4.78, 5) is 69.8. The first kappa shape index (κ1) is 45.1. The van der Waals surface area contributed by atoms with Crippen LogP contribution in [-0.2, 0) is 19.1 Å². The predicted molar refractivity (Wildman–Crippen MR) is 233 cm³/mol. The zero-order valence-electron chi connectivity index (χ0n) is 36.7. The number of nitrogens with zero attached hydrogens (tertiary/aromatic N) is 5. The van der Waals surface area contributed by atoms with Crippen molar-refractivity contribution < 1.29 is 29.0 Å². The molecule has 0 unspecified atom stereocenters. The van der Waals surface area contributed by atoms with Gasteiger partial charge in [-0.2, -0.15) is 0 Å². The van der Waals surface area contributed by atoms with Crippen LogP contribution in [0.15, 0.2) is 48.1 Å². The van der Waals surface area contributed by atoms with Crippen molar-refractivity contribution >= 4 is 40.8 Å². The van der Waals surface area contributed by atoms with Crippen LogP contribution in [0, 0.1) is 23.2 Å². The summed E-state index contributed by atoms with van der Waals surface area (Å²) in [5.41, 5.74) is 4.77. The highest BCUT2D eigenvalue weighted by Crippen LogP contribution is 2.53. The number of aromatic nitrogens is 2. The number of likely N-dealkylation sites (tertiary alicyclic amines) is 1. The Labute approximate surface area is 358 Å². The van der Waals surface area contributed by atoms with Gasteiger partial charge in [0.25, 0.3) is 5.91 Å². The number of β-amino-alcohol motifs (C(OH)–C–C–N with tert-alkyl or cyclic N) is 1. The smallest absolute Gasteiger partial charge is 0.253 e.